The number of H-pyrrole nitrogens is 1. The molecular weight excluding hydrogens is 396 g/mol. The Bertz CT molecular complexity index is 1250. The number of thiophene rings is 1. The summed E-state index contributed by atoms with van der Waals surface area (Å²) in [5.74, 6) is 2.09. The molecule has 28 heavy (non-hydrogen) atoms. The molecule has 0 radical (unpaired) electrons. The Morgan fingerprint density at radius 3 is 2.64 bits per heavy atom. The zero-order chi connectivity index (χ0) is 19.8. The molecule has 1 aromatic carbocycles. The Balaban J connectivity index is 1.70. The van der Waals surface area contributed by atoms with Gasteiger partial charge in [0, 0.05) is 16.3 Å². The highest BCUT2D eigenvalue weighted by Crippen LogP contribution is 2.35. The van der Waals surface area contributed by atoms with Crippen molar-refractivity contribution in [2.45, 2.75) is 24.6 Å². The molecule has 0 aliphatic rings. The Morgan fingerprint density at radius 2 is 1.89 bits per heavy atom. The summed E-state index contributed by atoms with van der Waals surface area (Å²) >= 11 is 3.20. The maximum atomic E-state index is 12.5. The number of nitrogens with zero attached hydrogens (tertiary/aromatic N) is 3. The minimum absolute atomic E-state index is 0.211. The molecule has 0 amide bonds. The van der Waals surface area contributed by atoms with Crippen LogP contribution in [-0.4, -0.2) is 34.2 Å². The van der Waals surface area contributed by atoms with Crippen molar-refractivity contribution in [3.05, 3.63) is 45.1 Å². The van der Waals surface area contributed by atoms with E-state index in [1.165, 1.54) is 29.3 Å². The first-order valence-corrected chi connectivity index (χ1v) is 10.3. The summed E-state index contributed by atoms with van der Waals surface area (Å²) in [6.45, 7) is 4.16. The van der Waals surface area contributed by atoms with Crippen molar-refractivity contribution >= 4 is 44.2 Å². The van der Waals surface area contributed by atoms with Crippen LogP contribution in [0.3, 0.4) is 0 Å². The SMILES string of the molecule is COc1cc2nc(CSc3ncnc4sc(C)c(C)c34)[nH]c(=O)c2cc1OC. The molecule has 4 aromatic rings. The second-order valence-corrected chi connectivity index (χ2v) is 8.34. The highest BCUT2D eigenvalue weighted by Gasteiger charge is 2.14. The number of thioether (sulfide) groups is 1. The molecule has 0 atom stereocenters. The number of benzene rings is 1. The number of ether oxygens (including phenoxy) is 2. The van der Waals surface area contributed by atoms with Crippen LogP contribution >= 0.6 is 23.1 Å². The van der Waals surface area contributed by atoms with Gasteiger partial charge in [0.15, 0.2) is 11.5 Å². The van der Waals surface area contributed by atoms with E-state index in [-0.39, 0.29) is 5.56 Å². The fourth-order valence-electron chi connectivity index (χ4n) is 2.98. The van der Waals surface area contributed by atoms with Gasteiger partial charge < -0.3 is 14.5 Å². The van der Waals surface area contributed by atoms with Crippen molar-refractivity contribution in [1.82, 2.24) is 19.9 Å². The minimum atomic E-state index is -0.211. The molecule has 0 fully saturated rings. The molecule has 0 unspecified atom stereocenters. The highest BCUT2D eigenvalue weighted by molar-refractivity contribution is 7.98. The summed E-state index contributed by atoms with van der Waals surface area (Å²) in [5.41, 5.74) is 1.55. The third kappa shape index (κ3) is 3.20. The van der Waals surface area contributed by atoms with Crippen LogP contribution in [0, 0.1) is 13.8 Å². The number of methoxy groups -OCH3 is 2. The molecular formula is C19H18N4O3S2. The first kappa shape index (κ1) is 18.7. The van der Waals surface area contributed by atoms with Crippen molar-refractivity contribution in [2.24, 2.45) is 0 Å². The van der Waals surface area contributed by atoms with Gasteiger partial charge in [0.2, 0.25) is 0 Å². The van der Waals surface area contributed by atoms with Crippen molar-refractivity contribution in [1.29, 1.82) is 0 Å². The summed E-state index contributed by atoms with van der Waals surface area (Å²) < 4.78 is 10.6. The van der Waals surface area contributed by atoms with Gasteiger partial charge in [0.25, 0.3) is 5.56 Å². The lowest BCUT2D eigenvalue weighted by Crippen LogP contribution is -2.11. The minimum Gasteiger partial charge on any atom is -0.493 e. The van der Waals surface area contributed by atoms with Crippen molar-refractivity contribution in [3.63, 3.8) is 0 Å². The van der Waals surface area contributed by atoms with E-state index in [1.807, 2.05) is 0 Å². The molecule has 0 bridgehead atoms. The van der Waals surface area contributed by atoms with Crippen molar-refractivity contribution in [3.8, 4) is 11.5 Å². The lowest BCUT2D eigenvalue weighted by atomic mass is 10.2. The third-order valence-corrected chi connectivity index (χ3v) is 6.65. The molecule has 0 aliphatic carbocycles. The van der Waals surface area contributed by atoms with Gasteiger partial charge in [-0.05, 0) is 25.5 Å². The lowest BCUT2D eigenvalue weighted by molar-refractivity contribution is 0.355. The number of aryl methyl sites for hydroxylation is 2. The van der Waals surface area contributed by atoms with Crippen molar-refractivity contribution in [2.75, 3.05) is 14.2 Å². The van der Waals surface area contributed by atoms with E-state index in [2.05, 4.69) is 33.8 Å². The molecule has 0 saturated carbocycles. The Kier molecular flexibility index (Phi) is 4.94. The predicted octanol–water partition coefficient (Wildman–Crippen LogP) is 3.85. The van der Waals surface area contributed by atoms with Crippen LogP contribution in [0.1, 0.15) is 16.3 Å². The standard InChI is InChI=1S/C19H18N4O3S2/c1-9-10(2)28-19-16(9)18(20-8-21-19)27-7-15-22-12-6-14(26-4)13(25-3)5-11(12)17(24)23-15/h5-6,8H,7H2,1-4H3,(H,22,23,24). The molecule has 4 rings (SSSR count). The molecule has 0 spiro atoms. The van der Waals surface area contributed by atoms with E-state index in [0.29, 0.717) is 34.0 Å². The van der Waals surface area contributed by atoms with Crippen LogP contribution < -0.4 is 15.0 Å². The van der Waals surface area contributed by atoms with Gasteiger partial charge in [-0.1, -0.05) is 11.8 Å². The molecule has 1 N–H and O–H groups in total. The largest absolute Gasteiger partial charge is 0.493 e. The number of rotatable bonds is 5. The third-order valence-electron chi connectivity index (χ3n) is 4.54. The van der Waals surface area contributed by atoms with Crippen LogP contribution in [0.5, 0.6) is 11.5 Å². The fourth-order valence-corrected chi connectivity index (χ4v) is 4.97. The average molecular weight is 415 g/mol. The summed E-state index contributed by atoms with van der Waals surface area (Å²) in [6, 6.07) is 3.36. The first-order chi connectivity index (χ1) is 13.5. The highest BCUT2D eigenvalue weighted by atomic mass is 32.2. The maximum Gasteiger partial charge on any atom is 0.258 e. The molecule has 7 nitrogen and oxygen atoms in total. The van der Waals surface area contributed by atoms with Gasteiger partial charge in [-0.15, -0.1) is 11.3 Å². The summed E-state index contributed by atoms with van der Waals surface area (Å²) in [7, 11) is 3.09. The van der Waals surface area contributed by atoms with Gasteiger partial charge >= 0.3 is 0 Å². The van der Waals surface area contributed by atoms with Gasteiger partial charge in [0.1, 0.15) is 22.0 Å². The van der Waals surface area contributed by atoms with E-state index >= 15 is 0 Å². The maximum absolute atomic E-state index is 12.5. The van der Waals surface area contributed by atoms with Crippen LogP contribution in [-0.2, 0) is 5.75 Å². The number of aromatic amines is 1. The van der Waals surface area contributed by atoms with Gasteiger partial charge in [-0.3, -0.25) is 4.79 Å². The molecule has 144 valence electrons. The van der Waals surface area contributed by atoms with E-state index in [9.17, 15) is 4.79 Å². The molecule has 0 saturated heterocycles. The molecule has 3 heterocycles. The molecule has 9 heteroatoms. The second-order valence-electron chi connectivity index (χ2n) is 6.17. The molecule has 0 aliphatic heterocycles. The predicted molar refractivity (Wildman–Crippen MR) is 112 cm³/mol. The fraction of sp³-hybridized carbons (Fsp3) is 0.263. The van der Waals surface area contributed by atoms with E-state index in [1.54, 1.807) is 36.9 Å². The smallest absolute Gasteiger partial charge is 0.258 e. The monoisotopic (exact) mass is 414 g/mol. The Hall–Kier alpha value is -2.65. The summed E-state index contributed by atoms with van der Waals surface area (Å²) in [5, 5.41) is 2.42. The Labute approximate surface area is 169 Å². The lowest BCUT2D eigenvalue weighted by Gasteiger charge is -2.09. The van der Waals surface area contributed by atoms with Crippen LogP contribution in [0.15, 0.2) is 28.3 Å². The zero-order valence-electron chi connectivity index (χ0n) is 15.8. The second kappa shape index (κ2) is 7.40. The average Bonchev–Trinajstić information content (AvgIpc) is 2.99. The zero-order valence-corrected chi connectivity index (χ0v) is 17.5. The van der Waals surface area contributed by atoms with E-state index < -0.39 is 0 Å². The van der Waals surface area contributed by atoms with E-state index in [4.69, 9.17) is 9.47 Å². The van der Waals surface area contributed by atoms with Crippen LogP contribution in [0.25, 0.3) is 21.1 Å². The van der Waals surface area contributed by atoms with Crippen LogP contribution in [0.2, 0.25) is 0 Å². The van der Waals surface area contributed by atoms with Gasteiger partial charge in [-0.2, -0.15) is 0 Å². The van der Waals surface area contributed by atoms with Crippen molar-refractivity contribution < 1.29 is 9.47 Å². The number of aromatic nitrogens is 4. The number of fused-ring (bicyclic) bond motifs is 2. The topological polar surface area (TPSA) is 90.0 Å². The van der Waals surface area contributed by atoms with Crippen LogP contribution in [0.4, 0.5) is 0 Å². The quantitative estimate of drug-likeness (QED) is 0.392. The summed E-state index contributed by atoms with van der Waals surface area (Å²) in [4.78, 5) is 31.0. The normalized spacial score (nSPS) is 11.3. The first-order valence-electron chi connectivity index (χ1n) is 8.50. The number of hydrogen-bond donors (Lipinski definition) is 1. The van der Waals surface area contributed by atoms with Gasteiger partial charge in [0.05, 0.1) is 30.9 Å². The summed E-state index contributed by atoms with van der Waals surface area (Å²) in [6.07, 6.45) is 1.58. The van der Waals surface area contributed by atoms with E-state index in [0.717, 1.165) is 15.2 Å². The Morgan fingerprint density at radius 1 is 1.14 bits per heavy atom. The number of nitrogens with one attached hydrogen (secondary N) is 1. The number of hydrogen-bond acceptors (Lipinski definition) is 8. The molecule has 3 aromatic heterocycles. The van der Waals surface area contributed by atoms with Gasteiger partial charge in [-0.25, -0.2) is 15.0 Å².